The topological polar surface area (TPSA) is 65.0 Å². The molecule has 1 N–H and O–H groups in total. The Morgan fingerprint density at radius 2 is 2.00 bits per heavy atom. The van der Waals surface area contributed by atoms with E-state index < -0.39 is 5.97 Å². The minimum atomic E-state index is -0.472. The molecule has 100 valence electrons. The van der Waals surface area contributed by atoms with Gasteiger partial charge in [0.25, 0.3) is 0 Å². The van der Waals surface area contributed by atoms with E-state index in [9.17, 15) is 4.79 Å². The monoisotopic (exact) mass is 318 g/mol. The summed E-state index contributed by atoms with van der Waals surface area (Å²) >= 11 is 3.30. The predicted octanol–water partition coefficient (Wildman–Crippen LogP) is 1.89. The van der Waals surface area contributed by atoms with Crippen LogP contribution in [0.15, 0.2) is 16.6 Å². The number of benzene rings is 1. The fraction of sp³-hybridized carbons (Fsp3) is 0.417. The van der Waals surface area contributed by atoms with Gasteiger partial charge in [0.2, 0.25) is 0 Å². The first-order valence-corrected chi connectivity index (χ1v) is 6.17. The van der Waals surface area contributed by atoms with Crippen LogP contribution in [0.4, 0.5) is 0 Å². The zero-order chi connectivity index (χ0) is 13.5. The number of hydrogen-bond donors (Lipinski definition) is 1. The fourth-order valence-electron chi connectivity index (χ4n) is 1.28. The van der Waals surface area contributed by atoms with Crippen molar-refractivity contribution in [3.63, 3.8) is 0 Å². The summed E-state index contributed by atoms with van der Waals surface area (Å²) in [6.45, 7) is 1.99. The van der Waals surface area contributed by atoms with Crippen LogP contribution in [-0.4, -0.2) is 31.4 Å². The third-order valence-corrected chi connectivity index (χ3v) is 2.89. The molecule has 5 nitrogen and oxygen atoms in total. The Morgan fingerprint density at radius 3 is 2.56 bits per heavy atom. The van der Waals surface area contributed by atoms with E-state index in [2.05, 4.69) is 20.7 Å². The van der Waals surface area contributed by atoms with Crippen molar-refractivity contribution in [2.45, 2.75) is 13.5 Å². The largest absolute Gasteiger partial charge is 0.490 e. The molecule has 0 bridgehead atoms. The highest BCUT2D eigenvalue weighted by Gasteiger charge is 2.12. The lowest BCUT2D eigenvalue weighted by Gasteiger charge is -2.13. The van der Waals surface area contributed by atoms with Gasteiger partial charge in [-0.3, -0.25) is 0 Å². The highest BCUT2D eigenvalue weighted by Crippen LogP contribution is 2.33. The van der Waals surface area contributed by atoms with E-state index in [0.29, 0.717) is 28.1 Å². The lowest BCUT2D eigenvalue weighted by atomic mass is 10.2. The fourth-order valence-corrected chi connectivity index (χ4v) is 1.72. The van der Waals surface area contributed by atoms with Crippen LogP contribution in [0, 0.1) is 0 Å². The van der Waals surface area contributed by atoms with Crippen molar-refractivity contribution in [1.29, 1.82) is 0 Å². The van der Waals surface area contributed by atoms with Gasteiger partial charge in [-0.05, 0) is 24.6 Å². The number of halogens is 1. The summed E-state index contributed by atoms with van der Waals surface area (Å²) in [5.41, 5.74) is 0.684. The number of hydrogen-bond acceptors (Lipinski definition) is 5. The van der Waals surface area contributed by atoms with E-state index in [1.807, 2.05) is 6.92 Å². The Bertz CT molecular complexity index is 419. The lowest BCUT2D eigenvalue weighted by molar-refractivity contribution is -0.142. The number of esters is 1. The number of carbonyl (C=O) groups excluding carboxylic acids is 1. The van der Waals surface area contributed by atoms with E-state index in [-0.39, 0.29) is 13.2 Å². The molecule has 0 saturated carbocycles. The minimum absolute atomic E-state index is 0.113. The van der Waals surface area contributed by atoms with Crippen molar-refractivity contribution in [2.24, 2.45) is 0 Å². The maximum atomic E-state index is 11.0. The Labute approximate surface area is 114 Å². The molecule has 0 fully saturated rings. The third kappa shape index (κ3) is 3.89. The van der Waals surface area contributed by atoms with Crippen LogP contribution >= 0.6 is 15.9 Å². The van der Waals surface area contributed by atoms with Gasteiger partial charge in [0, 0.05) is 4.47 Å². The Kier molecular flexibility index (Phi) is 5.94. The molecule has 0 heterocycles. The molecule has 0 spiro atoms. The molecule has 0 radical (unpaired) electrons. The van der Waals surface area contributed by atoms with Crippen LogP contribution in [-0.2, 0) is 16.1 Å². The number of ether oxygens (including phenoxy) is 3. The van der Waals surface area contributed by atoms with Crippen LogP contribution in [0.5, 0.6) is 11.5 Å². The first kappa shape index (κ1) is 14.8. The molecule has 0 aliphatic carbocycles. The molecule has 0 saturated heterocycles. The normalized spacial score (nSPS) is 10.0. The molecule has 0 unspecified atom stereocenters. The summed E-state index contributed by atoms with van der Waals surface area (Å²) in [6, 6.07) is 3.32. The van der Waals surface area contributed by atoms with E-state index in [1.165, 1.54) is 7.11 Å². The lowest BCUT2D eigenvalue weighted by Crippen LogP contribution is -2.13. The molecule has 1 aromatic carbocycles. The van der Waals surface area contributed by atoms with Gasteiger partial charge in [-0.15, -0.1) is 0 Å². The molecule has 1 aromatic rings. The summed E-state index contributed by atoms with van der Waals surface area (Å²) in [5.74, 6) is 0.430. The first-order valence-electron chi connectivity index (χ1n) is 5.38. The standard InChI is InChI=1S/C12H15BrO5/c1-3-17-10-4-8(6-14)9(13)5-11(10)18-7-12(15)16-2/h4-5,14H,3,6-7H2,1-2H3. The van der Waals surface area contributed by atoms with Gasteiger partial charge in [-0.1, -0.05) is 15.9 Å². The molecular weight excluding hydrogens is 304 g/mol. The number of methoxy groups -OCH3 is 1. The summed E-state index contributed by atoms with van der Waals surface area (Å²) in [7, 11) is 1.29. The summed E-state index contributed by atoms with van der Waals surface area (Å²) in [5, 5.41) is 9.16. The molecule has 0 aromatic heterocycles. The van der Waals surface area contributed by atoms with Gasteiger partial charge < -0.3 is 19.3 Å². The Hall–Kier alpha value is -1.27. The molecule has 18 heavy (non-hydrogen) atoms. The van der Waals surface area contributed by atoms with Crippen molar-refractivity contribution in [3.8, 4) is 11.5 Å². The van der Waals surface area contributed by atoms with Gasteiger partial charge in [0.05, 0.1) is 20.3 Å². The van der Waals surface area contributed by atoms with Crippen molar-refractivity contribution in [1.82, 2.24) is 0 Å². The number of carbonyl (C=O) groups is 1. The van der Waals surface area contributed by atoms with Gasteiger partial charge in [0.1, 0.15) is 0 Å². The van der Waals surface area contributed by atoms with E-state index in [0.717, 1.165) is 0 Å². The average molecular weight is 319 g/mol. The van der Waals surface area contributed by atoms with Crippen molar-refractivity contribution >= 4 is 21.9 Å². The van der Waals surface area contributed by atoms with Crippen molar-refractivity contribution < 1.29 is 24.1 Å². The molecule has 0 aliphatic heterocycles. The molecule has 0 atom stereocenters. The first-order chi connectivity index (χ1) is 8.62. The zero-order valence-electron chi connectivity index (χ0n) is 10.2. The number of aliphatic hydroxyl groups excluding tert-OH is 1. The maximum absolute atomic E-state index is 11.0. The minimum Gasteiger partial charge on any atom is -0.490 e. The van der Waals surface area contributed by atoms with E-state index >= 15 is 0 Å². The SMILES string of the molecule is CCOc1cc(CO)c(Br)cc1OCC(=O)OC. The van der Waals surface area contributed by atoms with Crippen molar-refractivity contribution in [2.75, 3.05) is 20.3 Å². The van der Waals surface area contributed by atoms with Crippen molar-refractivity contribution in [3.05, 3.63) is 22.2 Å². The van der Waals surface area contributed by atoms with Crippen LogP contribution in [0.1, 0.15) is 12.5 Å². The van der Waals surface area contributed by atoms with Crippen LogP contribution in [0.2, 0.25) is 0 Å². The summed E-state index contributed by atoms with van der Waals surface area (Å²) < 4.78 is 15.9. The highest BCUT2D eigenvalue weighted by atomic mass is 79.9. The van der Waals surface area contributed by atoms with Gasteiger partial charge in [0.15, 0.2) is 18.1 Å². The molecule has 0 aliphatic rings. The van der Waals surface area contributed by atoms with Gasteiger partial charge in [-0.25, -0.2) is 4.79 Å². The van der Waals surface area contributed by atoms with Gasteiger partial charge >= 0.3 is 5.97 Å². The second-order valence-corrected chi connectivity index (χ2v) is 4.20. The summed E-state index contributed by atoms with van der Waals surface area (Å²) in [4.78, 5) is 11.0. The Balaban J connectivity index is 2.93. The second kappa shape index (κ2) is 7.23. The second-order valence-electron chi connectivity index (χ2n) is 3.35. The molecule has 0 amide bonds. The Morgan fingerprint density at radius 1 is 1.33 bits per heavy atom. The third-order valence-electron chi connectivity index (χ3n) is 2.16. The van der Waals surface area contributed by atoms with Crippen LogP contribution < -0.4 is 9.47 Å². The quantitative estimate of drug-likeness (QED) is 0.811. The average Bonchev–Trinajstić information content (AvgIpc) is 2.38. The molecule has 6 heteroatoms. The maximum Gasteiger partial charge on any atom is 0.343 e. The number of rotatable bonds is 6. The van der Waals surface area contributed by atoms with E-state index in [4.69, 9.17) is 14.6 Å². The summed E-state index contributed by atoms with van der Waals surface area (Å²) in [6.07, 6.45) is 0. The molecule has 1 rings (SSSR count). The smallest absolute Gasteiger partial charge is 0.343 e. The van der Waals surface area contributed by atoms with E-state index in [1.54, 1.807) is 12.1 Å². The molecular formula is C12H15BrO5. The predicted molar refractivity (Wildman–Crippen MR) is 68.7 cm³/mol. The van der Waals surface area contributed by atoms with Gasteiger partial charge in [-0.2, -0.15) is 0 Å². The highest BCUT2D eigenvalue weighted by molar-refractivity contribution is 9.10. The van der Waals surface area contributed by atoms with Crippen LogP contribution in [0.3, 0.4) is 0 Å². The van der Waals surface area contributed by atoms with Crippen LogP contribution in [0.25, 0.3) is 0 Å². The zero-order valence-corrected chi connectivity index (χ0v) is 11.8. The number of aliphatic hydroxyl groups is 1.